The van der Waals surface area contributed by atoms with E-state index in [1.165, 1.54) is 31.4 Å². The minimum absolute atomic E-state index is 0.0258. The number of aromatic amines is 1. The number of ether oxygens (including phenoxy) is 1. The van der Waals surface area contributed by atoms with Gasteiger partial charge < -0.3 is 15.0 Å². The topological polar surface area (TPSA) is 113 Å². The van der Waals surface area contributed by atoms with E-state index in [0.29, 0.717) is 32.6 Å². The largest absolute Gasteiger partial charge is 0.417 e. The number of methoxy groups -OCH3 is 1. The Morgan fingerprint density at radius 2 is 1.86 bits per heavy atom. The molecule has 0 aliphatic carbocycles. The van der Waals surface area contributed by atoms with Gasteiger partial charge in [-0.05, 0) is 48.9 Å². The molecule has 0 spiro atoms. The van der Waals surface area contributed by atoms with Crippen LogP contribution in [0.4, 0.5) is 24.5 Å². The van der Waals surface area contributed by atoms with E-state index in [-0.39, 0.29) is 23.4 Å². The molecule has 0 bridgehead atoms. The molecule has 0 saturated carbocycles. The molecule has 0 unspecified atom stereocenters. The van der Waals surface area contributed by atoms with Gasteiger partial charge in [0.2, 0.25) is 0 Å². The van der Waals surface area contributed by atoms with Gasteiger partial charge in [-0.1, -0.05) is 29.8 Å². The second-order valence-corrected chi connectivity index (χ2v) is 8.50. The summed E-state index contributed by atoms with van der Waals surface area (Å²) in [5.41, 5.74) is -0.116. The van der Waals surface area contributed by atoms with Crippen molar-refractivity contribution in [1.29, 1.82) is 0 Å². The lowest BCUT2D eigenvalue weighted by atomic mass is 10.1. The highest BCUT2D eigenvalue weighted by molar-refractivity contribution is 6.31. The predicted octanol–water partition coefficient (Wildman–Crippen LogP) is 5.46. The van der Waals surface area contributed by atoms with E-state index in [1.54, 1.807) is 25.1 Å². The molecule has 0 saturated heterocycles. The Labute approximate surface area is 214 Å². The number of nitrogens with one attached hydrogen (secondary N) is 2. The van der Waals surface area contributed by atoms with Gasteiger partial charge >= 0.3 is 6.18 Å². The summed E-state index contributed by atoms with van der Waals surface area (Å²) in [7, 11) is 1.46. The van der Waals surface area contributed by atoms with Crippen LogP contribution in [0.3, 0.4) is 0 Å². The summed E-state index contributed by atoms with van der Waals surface area (Å²) in [6.45, 7) is 1.83. The van der Waals surface area contributed by atoms with Crippen molar-refractivity contribution in [3.8, 4) is 0 Å². The third-order valence-corrected chi connectivity index (χ3v) is 6.03. The van der Waals surface area contributed by atoms with Crippen molar-refractivity contribution in [3.63, 3.8) is 0 Å². The van der Waals surface area contributed by atoms with Crippen LogP contribution < -0.4 is 16.2 Å². The molecule has 1 aromatic heterocycles. The van der Waals surface area contributed by atoms with Crippen LogP contribution in [0.5, 0.6) is 0 Å². The van der Waals surface area contributed by atoms with Gasteiger partial charge in [-0.25, -0.2) is 15.8 Å². The van der Waals surface area contributed by atoms with Crippen LogP contribution in [0.1, 0.15) is 37.7 Å². The second-order valence-electron chi connectivity index (χ2n) is 8.09. The predicted molar refractivity (Wildman–Crippen MR) is 133 cm³/mol. The summed E-state index contributed by atoms with van der Waals surface area (Å²) in [4.78, 5) is 33.7. The molecule has 0 aliphatic rings. The molecule has 0 radical (unpaired) electrons. The molecule has 12 heteroatoms. The lowest BCUT2D eigenvalue weighted by Gasteiger charge is -2.20. The summed E-state index contributed by atoms with van der Waals surface area (Å²) in [6.07, 6.45) is -4.77. The number of rotatable bonds is 6. The van der Waals surface area contributed by atoms with Crippen molar-refractivity contribution >= 4 is 45.8 Å². The van der Waals surface area contributed by atoms with Crippen molar-refractivity contribution in [1.82, 2.24) is 9.97 Å². The first kappa shape index (κ1) is 26.1. The number of halogens is 4. The summed E-state index contributed by atoms with van der Waals surface area (Å²) < 4.78 is 45.6. The fraction of sp³-hybridized carbons (Fsp3) is 0.160. The van der Waals surface area contributed by atoms with Gasteiger partial charge in [0.05, 0.1) is 27.9 Å². The zero-order valence-electron chi connectivity index (χ0n) is 19.6. The lowest BCUT2D eigenvalue weighted by molar-refractivity contribution is -0.137. The van der Waals surface area contributed by atoms with E-state index in [4.69, 9.17) is 22.2 Å². The van der Waals surface area contributed by atoms with E-state index >= 15 is 0 Å². The minimum atomic E-state index is -4.77. The minimum Gasteiger partial charge on any atom is -0.377 e. The molecule has 1 heterocycles. The molecule has 0 fully saturated rings. The van der Waals surface area contributed by atoms with E-state index in [1.807, 2.05) is 0 Å². The summed E-state index contributed by atoms with van der Waals surface area (Å²) in [5.74, 6) is 4.70. The molecule has 4 rings (SSSR count). The molecule has 37 heavy (non-hydrogen) atoms. The molecule has 192 valence electrons. The molecule has 2 amide bonds. The maximum absolute atomic E-state index is 13.5. The zero-order valence-corrected chi connectivity index (χ0v) is 20.4. The molecular weight excluding hydrogens is 511 g/mol. The number of hydrogen-bond acceptors (Lipinski definition) is 5. The smallest absolute Gasteiger partial charge is 0.377 e. The summed E-state index contributed by atoms with van der Waals surface area (Å²) >= 11 is 6.16. The Kier molecular flexibility index (Phi) is 7.21. The van der Waals surface area contributed by atoms with Gasteiger partial charge in [-0.3, -0.25) is 9.59 Å². The number of fused-ring (bicyclic) bond motifs is 1. The average Bonchev–Trinajstić information content (AvgIpc) is 3.27. The number of carbonyl (C=O) groups excluding carboxylic acids is 2. The molecular formula is C25H21ClF3N5O3. The first-order valence-corrected chi connectivity index (χ1v) is 11.2. The molecule has 4 aromatic rings. The Morgan fingerprint density at radius 1 is 1.14 bits per heavy atom. The third kappa shape index (κ3) is 5.29. The Morgan fingerprint density at radius 3 is 2.57 bits per heavy atom. The van der Waals surface area contributed by atoms with E-state index in [0.717, 1.165) is 12.1 Å². The standard InChI is InChI=1S/C25H21ClF3N5O3/c1-13-18(26)8-5-9-19(13)32-23(35)16-10-14(11-20-22(16)33-21(31-20)12-37-2)34(30)24(36)15-6-3-4-7-17(15)25(27,28)29/h3-11H,12,30H2,1-2H3,(H,31,33)(H,32,35). The average molecular weight is 532 g/mol. The van der Waals surface area contributed by atoms with Gasteiger partial charge in [0.15, 0.2) is 0 Å². The normalized spacial score (nSPS) is 11.5. The number of H-pyrrole nitrogens is 1. The summed E-state index contributed by atoms with van der Waals surface area (Å²) in [5, 5.41) is 3.76. The number of anilines is 2. The first-order valence-electron chi connectivity index (χ1n) is 10.8. The van der Waals surface area contributed by atoms with Crippen molar-refractivity contribution in [2.24, 2.45) is 5.84 Å². The van der Waals surface area contributed by atoms with Crippen molar-refractivity contribution in [3.05, 3.63) is 87.7 Å². The lowest BCUT2D eigenvalue weighted by Crippen LogP contribution is -2.38. The number of hydrazine groups is 1. The van der Waals surface area contributed by atoms with Crippen molar-refractivity contribution in [2.45, 2.75) is 19.7 Å². The first-order chi connectivity index (χ1) is 17.5. The number of carbonyl (C=O) groups is 2. The number of benzene rings is 3. The van der Waals surface area contributed by atoms with E-state index in [9.17, 15) is 22.8 Å². The highest BCUT2D eigenvalue weighted by Gasteiger charge is 2.36. The number of amides is 2. The third-order valence-electron chi connectivity index (χ3n) is 5.62. The van der Waals surface area contributed by atoms with Gasteiger partial charge in [0.25, 0.3) is 11.8 Å². The fourth-order valence-corrected chi connectivity index (χ4v) is 3.94. The van der Waals surface area contributed by atoms with Gasteiger partial charge in [-0.15, -0.1) is 0 Å². The second kappa shape index (κ2) is 10.2. The number of alkyl halides is 3. The monoisotopic (exact) mass is 531 g/mol. The molecule has 8 nitrogen and oxygen atoms in total. The molecule has 3 aromatic carbocycles. The quantitative estimate of drug-likeness (QED) is 0.174. The van der Waals surface area contributed by atoms with Crippen LogP contribution in [-0.4, -0.2) is 28.9 Å². The SMILES string of the molecule is COCc1nc2c(C(=O)Nc3cccc(Cl)c3C)cc(N(N)C(=O)c3ccccc3C(F)(F)F)cc2[nH]1. The molecule has 0 aliphatic heterocycles. The van der Waals surface area contributed by atoms with Crippen LogP contribution in [0, 0.1) is 6.92 Å². The van der Waals surface area contributed by atoms with Crippen molar-refractivity contribution < 1.29 is 27.5 Å². The molecule has 4 N–H and O–H groups in total. The molecule has 0 atom stereocenters. The van der Waals surface area contributed by atoms with Crippen LogP contribution in [-0.2, 0) is 17.5 Å². The van der Waals surface area contributed by atoms with Crippen molar-refractivity contribution in [2.75, 3.05) is 17.4 Å². The highest BCUT2D eigenvalue weighted by atomic mass is 35.5. The van der Waals surface area contributed by atoms with Gasteiger partial charge in [0, 0.05) is 17.8 Å². The fourth-order valence-electron chi connectivity index (χ4n) is 3.77. The summed E-state index contributed by atoms with van der Waals surface area (Å²) in [6, 6.07) is 12.0. The van der Waals surface area contributed by atoms with Crippen LogP contribution in [0.25, 0.3) is 11.0 Å². The zero-order chi connectivity index (χ0) is 26.9. The van der Waals surface area contributed by atoms with Gasteiger partial charge in [-0.2, -0.15) is 13.2 Å². The number of hydrogen-bond donors (Lipinski definition) is 3. The number of nitrogens with two attached hydrogens (primary N) is 1. The van der Waals surface area contributed by atoms with Gasteiger partial charge in [0.1, 0.15) is 17.9 Å². The van der Waals surface area contributed by atoms with Crippen LogP contribution >= 0.6 is 11.6 Å². The number of imidazole rings is 1. The maximum atomic E-state index is 13.5. The number of aromatic nitrogens is 2. The number of nitrogens with zero attached hydrogens (tertiary/aromatic N) is 2. The van der Waals surface area contributed by atoms with E-state index in [2.05, 4.69) is 15.3 Å². The Balaban J connectivity index is 1.79. The Bertz CT molecular complexity index is 1500. The van der Waals surface area contributed by atoms with Crippen LogP contribution in [0.15, 0.2) is 54.6 Å². The van der Waals surface area contributed by atoms with Crippen LogP contribution in [0.2, 0.25) is 5.02 Å². The Hall–Kier alpha value is -3.93. The highest BCUT2D eigenvalue weighted by Crippen LogP contribution is 2.33. The van der Waals surface area contributed by atoms with E-state index < -0.39 is 29.1 Å². The maximum Gasteiger partial charge on any atom is 0.417 e.